The van der Waals surface area contributed by atoms with E-state index in [0.717, 1.165) is 11.3 Å². The Balaban J connectivity index is 1.40. The first-order valence-corrected chi connectivity index (χ1v) is 8.34. The molecule has 1 aliphatic rings. The second-order valence-corrected chi connectivity index (χ2v) is 6.03. The standard InChI is InChI=1S/C19H18N4O3/c1-13(14-6-8-15(9-7-14)23-12-20-11-21-23)22-19(24)18-10-25-16-4-2-3-5-17(16)26-18/h2-9,11-13,18H,10H2,1H3,(H,22,24)/t13-,18-/m0/s1. The molecule has 1 aliphatic heterocycles. The number of nitrogens with zero attached hydrogens (tertiary/aromatic N) is 3. The van der Waals surface area contributed by atoms with E-state index in [1.165, 1.54) is 6.33 Å². The molecule has 0 unspecified atom stereocenters. The monoisotopic (exact) mass is 350 g/mol. The Morgan fingerprint density at radius 2 is 1.96 bits per heavy atom. The van der Waals surface area contributed by atoms with Crippen LogP contribution in [0.1, 0.15) is 18.5 Å². The first kappa shape index (κ1) is 16.1. The molecule has 132 valence electrons. The summed E-state index contributed by atoms with van der Waals surface area (Å²) in [5, 5.41) is 7.07. The van der Waals surface area contributed by atoms with Crippen LogP contribution in [0.15, 0.2) is 61.2 Å². The van der Waals surface area contributed by atoms with E-state index in [2.05, 4.69) is 15.4 Å². The molecule has 0 saturated carbocycles. The van der Waals surface area contributed by atoms with E-state index < -0.39 is 6.10 Å². The average Bonchev–Trinajstić information content (AvgIpc) is 3.22. The lowest BCUT2D eigenvalue weighted by atomic mass is 10.1. The van der Waals surface area contributed by atoms with Gasteiger partial charge >= 0.3 is 0 Å². The highest BCUT2D eigenvalue weighted by atomic mass is 16.6. The van der Waals surface area contributed by atoms with Gasteiger partial charge in [0.25, 0.3) is 5.91 Å². The minimum Gasteiger partial charge on any atom is -0.485 e. The molecule has 0 radical (unpaired) electrons. The van der Waals surface area contributed by atoms with Gasteiger partial charge in [0.05, 0.1) is 11.7 Å². The second-order valence-electron chi connectivity index (χ2n) is 6.03. The van der Waals surface area contributed by atoms with Crippen LogP contribution in [0.2, 0.25) is 0 Å². The van der Waals surface area contributed by atoms with Crippen molar-refractivity contribution < 1.29 is 14.3 Å². The number of ether oxygens (including phenoxy) is 2. The number of nitrogens with one attached hydrogen (secondary N) is 1. The van der Waals surface area contributed by atoms with Crippen LogP contribution in [0.4, 0.5) is 0 Å². The summed E-state index contributed by atoms with van der Waals surface area (Å²) in [4.78, 5) is 16.4. The van der Waals surface area contributed by atoms with Crippen molar-refractivity contribution >= 4 is 5.91 Å². The van der Waals surface area contributed by atoms with Crippen molar-refractivity contribution in [1.82, 2.24) is 20.1 Å². The number of rotatable bonds is 4. The molecule has 1 amide bonds. The Bertz CT molecular complexity index is 893. The van der Waals surface area contributed by atoms with E-state index in [1.807, 2.05) is 49.4 Å². The van der Waals surface area contributed by atoms with E-state index in [9.17, 15) is 4.79 Å². The molecular weight excluding hydrogens is 332 g/mol. The topological polar surface area (TPSA) is 78.3 Å². The van der Waals surface area contributed by atoms with E-state index in [-0.39, 0.29) is 18.6 Å². The third kappa shape index (κ3) is 3.23. The largest absolute Gasteiger partial charge is 0.485 e. The normalized spacial score (nSPS) is 16.7. The highest BCUT2D eigenvalue weighted by Gasteiger charge is 2.28. The van der Waals surface area contributed by atoms with Crippen molar-refractivity contribution in [3.05, 3.63) is 66.7 Å². The molecule has 26 heavy (non-hydrogen) atoms. The van der Waals surface area contributed by atoms with Gasteiger partial charge < -0.3 is 14.8 Å². The maximum atomic E-state index is 12.5. The summed E-state index contributed by atoms with van der Waals surface area (Å²) in [6.07, 6.45) is 2.46. The predicted molar refractivity (Wildman–Crippen MR) is 94.3 cm³/mol. The predicted octanol–water partition coefficient (Wildman–Crippen LogP) is 2.28. The van der Waals surface area contributed by atoms with Gasteiger partial charge in [0, 0.05) is 0 Å². The summed E-state index contributed by atoms with van der Waals surface area (Å²) in [5.41, 5.74) is 1.89. The van der Waals surface area contributed by atoms with Crippen LogP contribution in [0.3, 0.4) is 0 Å². The zero-order chi connectivity index (χ0) is 17.9. The number of hydrogen-bond donors (Lipinski definition) is 1. The highest BCUT2D eigenvalue weighted by molar-refractivity contribution is 5.82. The molecule has 0 bridgehead atoms. The fourth-order valence-corrected chi connectivity index (χ4v) is 2.80. The van der Waals surface area contributed by atoms with Crippen molar-refractivity contribution in [2.24, 2.45) is 0 Å². The van der Waals surface area contributed by atoms with Gasteiger partial charge in [-0.3, -0.25) is 4.79 Å². The molecule has 7 heteroatoms. The molecular formula is C19H18N4O3. The van der Waals surface area contributed by atoms with Crippen LogP contribution in [-0.2, 0) is 4.79 Å². The SMILES string of the molecule is C[C@H](NC(=O)[C@@H]1COc2ccccc2O1)c1ccc(-n2cncn2)cc1. The van der Waals surface area contributed by atoms with Crippen molar-refractivity contribution in [3.63, 3.8) is 0 Å². The maximum Gasteiger partial charge on any atom is 0.265 e. The van der Waals surface area contributed by atoms with Gasteiger partial charge in [-0.25, -0.2) is 9.67 Å². The van der Waals surface area contributed by atoms with Crippen LogP contribution < -0.4 is 14.8 Å². The minimum absolute atomic E-state index is 0.159. The van der Waals surface area contributed by atoms with Crippen LogP contribution in [0, 0.1) is 0 Å². The Labute approximate surface area is 150 Å². The number of fused-ring (bicyclic) bond motifs is 1. The van der Waals surface area contributed by atoms with Crippen molar-refractivity contribution in [2.75, 3.05) is 6.61 Å². The molecule has 2 atom stereocenters. The average molecular weight is 350 g/mol. The molecule has 0 spiro atoms. The number of amides is 1. The van der Waals surface area contributed by atoms with E-state index in [4.69, 9.17) is 9.47 Å². The zero-order valence-electron chi connectivity index (χ0n) is 14.2. The summed E-state index contributed by atoms with van der Waals surface area (Å²) in [5.74, 6) is 1.05. The van der Waals surface area contributed by atoms with Crippen molar-refractivity contribution in [2.45, 2.75) is 19.1 Å². The van der Waals surface area contributed by atoms with Gasteiger partial charge in [-0.1, -0.05) is 24.3 Å². The van der Waals surface area contributed by atoms with Gasteiger partial charge in [0.1, 0.15) is 19.3 Å². The van der Waals surface area contributed by atoms with Gasteiger partial charge in [0.2, 0.25) is 6.10 Å². The van der Waals surface area contributed by atoms with Crippen molar-refractivity contribution in [1.29, 1.82) is 0 Å². The molecule has 0 aliphatic carbocycles. The van der Waals surface area contributed by atoms with E-state index in [0.29, 0.717) is 11.5 Å². The number of carbonyl (C=O) groups is 1. The first-order chi connectivity index (χ1) is 12.7. The van der Waals surface area contributed by atoms with Crippen LogP contribution in [-0.4, -0.2) is 33.4 Å². The van der Waals surface area contributed by atoms with E-state index >= 15 is 0 Å². The summed E-state index contributed by atoms with van der Waals surface area (Å²) >= 11 is 0. The molecule has 0 fully saturated rings. The van der Waals surface area contributed by atoms with Gasteiger partial charge in [-0.15, -0.1) is 0 Å². The summed E-state index contributed by atoms with van der Waals surface area (Å²) in [7, 11) is 0. The molecule has 2 aromatic carbocycles. The van der Waals surface area contributed by atoms with Crippen LogP contribution in [0.25, 0.3) is 5.69 Å². The summed E-state index contributed by atoms with van der Waals surface area (Å²) < 4.78 is 13.0. The number of carbonyl (C=O) groups excluding carboxylic acids is 1. The summed E-state index contributed by atoms with van der Waals surface area (Å²) in [6.45, 7) is 2.13. The second kappa shape index (κ2) is 6.87. The van der Waals surface area contributed by atoms with Crippen LogP contribution >= 0.6 is 0 Å². The number of para-hydroxylation sites is 2. The molecule has 7 nitrogen and oxygen atoms in total. The Morgan fingerprint density at radius 1 is 1.19 bits per heavy atom. The van der Waals surface area contributed by atoms with Crippen molar-refractivity contribution in [3.8, 4) is 17.2 Å². The molecule has 4 rings (SSSR count). The molecule has 3 aromatic rings. The lowest BCUT2D eigenvalue weighted by molar-refractivity contribution is -0.131. The molecule has 1 aromatic heterocycles. The molecule has 2 heterocycles. The van der Waals surface area contributed by atoms with Gasteiger partial charge in [-0.2, -0.15) is 5.10 Å². The first-order valence-electron chi connectivity index (χ1n) is 8.34. The fourth-order valence-electron chi connectivity index (χ4n) is 2.80. The lowest BCUT2D eigenvalue weighted by Crippen LogP contribution is -2.44. The Kier molecular flexibility index (Phi) is 4.27. The highest BCUT2D eigenvalue weighted by Crippen LogP contribution is 2.31. The van der Waals surface area contributed by atoms with Gasteiger partial charge in [-0.05, 0) is 36.8 Å². The van der Waals surface area contributed by atoms with Gasteiger partial charge in [0.15, 0.2) is 11.5 Å². The lowest BCUT2D eigenvalue weighted by Gasteiger charge is -2.26. The molecule has 0 saturated heterocycles. The Morgan fingerprint density at radius 3 is 2.69 bits per heavy atom. The maximum absolute atomic E-state index is 12.5. The number of hydrogen-bond acceptors (Lipinski definition) is 5. The van der Waals surface area contributed by atoms with Crippen LogP contribution in [0.5, 0.6) is 11.5 Å². The molecule has 1 N–H and O–H groups in total. The number of benzene rings is 2. The summed E-state index contributed by atoms with van der Waals surface area (Å²) in [6, 6.07) is 14.9. The smallest absolute Gasteiger partial charge is 0.265 e. The zero-order valence-corrected chi connectivity index (χ0v) is 14.2. The minimum atomic E-state index is -0.665. The third-order valence-corrected chi connectivity index (χ3v) is 4.24. The number of aromatic nitrogens is 3. The quantitative estimate of drug-likeness (QED) is 0.781. The fraction of sp³-hybridized carbons (Fsp3) is 0.211. The third-order valence-electron chi connectivity index (χ3n) is 4.24. The van der Waals surface area contributed by atoms with E-state index in [1.54, 1.807) is 17.1 Å². The Hall–Kier alpha value is -3.35.